The van der Waals surface area contributed by atoms with Crippen molar-refractivity contribution in [1.29, 1.82) is 0 Å². The molecule has 2 N–H and O–H groups in total. The van der Waals surface area contributed by atoms with E-state index in [4.69, 9.17) is 0 Å². The highest BCUT2D eigenvalue weighted by Gasteiger charge is 2.24. The van der Waals surface area contributed by atoms with Gasteiger partial charge in [-0.1, -0.05) is 13.8 Å². The molecule has 2 rings (SSSR count). The summed E-state index contributed by atoms with van der Waals surface area (Å²) in [6.07, 6.45) is 4.51. The van der Waals surface area contributed by atoms with Gasteiger partial charge in [-0.15, -0.1) is 35.3 Å². The second-order valence-corrected chi connectivity index (χ2v) is 7.68. The zero-order valence-corrected chi connectivity index (χ0v) is 17.8. The number of aromatic nitrogens is 1. The lowest BCUT2D eigenvalue weighted by atomic mass is 10.1. The van der Waals surface area contributed by atoms with Crippen LogP contribution in [0.5, 0.6) is 0 Å². The van der Waals surface area contributed by atoms with Crippen molar-refractivity contribution in [2.24, 2.45) is 10.9 Å². The Labute approximate surface area is 161 Å². The molecule has 0 unspecified atom stereocenters. The number of aryl methyl sites for hydroxylation is 1. The Morgan fingerprint density at radius 2 is 2.26 bits per heavy atom. The average molecular weight is 451 g/mol. The van der Waals surface area contributed by atoms with Crippen LogP contribution in [0.2, 0.25) is 0 Å². The molecular weight excluding hydrogens is 421 g/mol. The van der Waals surface area contributed by atoms with E-state index in [0.29, 0.717) is 6.04 Å². The minimum absolute atomic E-state index is 0. The average Bonchev–Trinajstić information content (AvgIpc) is 3.08. The minimum Gasteiger partial charge on any atom is -0.355 e. The van der Waals surface area contributed by atoms with Crippen LogP contribution >= 0.6 is 35.3 Å². The van der Waals surface area contributed by atoms with Crippen molar-refractivity contribution in [2.75, 3.05) is 26.7 Å². The molecule has 0 bridgehead atoms. The number of rotatable bonds is 6. The Bertz CT molecular complexity index is 489. The van der Waals surface area contributed by atoms with Crippen LogP contribution in [-0.4, -0.2) is 48.6 Å². The van der Waals surface area contributed by atoms with Crippen LogP contribution in [0.15, 0.2) is 11.2 Å². The summed E-state index contributed by atoms with van der Waals surface area (Å²) in [6, 6.07) is 0.628. The Morgan fingerprint density at radius 1 is 1.48 bits per heavy atom. The van der Waals surface area contributed by atoms with Gasteiger partial charge in [0.2, 0.25) is 0 Å². The third kappa shape index (κ3) is 6.93. The number of hydrogen-bond donors (Lipinski definition) is 2. The molecule has 0 spiro atoms. The van der Waals surface area contributed by atoms with E-state index in [0.717, 1.165) is 30.0 Å². The number of halogens is 1. The monoisotopic (exact) mass is 451 g/mol. The summed E-state index contributed by atoms with van der Waals surface area (Å²) in [5, 5.41) is 7.91. The lowest BCUT2D eigenvalue weighted by Gasteiger charge is -2.26. The number of aliphatic imine (C=N–C) groups is 1. The van der Waals surface area contributed by atoms with Gasteiger partial charge in [-0.25, -0.2) is 4.98 Å². The molecule has 1 aromatic rings. The molecule has 1 saturated heterocycles. The molecule has 1 aliphatic rings. The molecule has 0 aliphatic carbocycles. The lowest BCUT2D eigenvalue weighted by Crippen LogP contribution is -2.45. The SMILES string of the molecule is CN=C(NCc1ncc(C)s1)NC[C@H]1CCCN1CC(C)C.I. The van der Waals surface area contributed by atoms with Gasteiger partial charge in [0.05, 0.1) is 6.54 Å². The van der Waals surface area contributed by atoms with E-state index in [1.807, 2.05) is 13.2 Å². The maximum absolute atomic E-state index is 4.37. The van der Waals surface area contributed by atoms with E-state index < -0.39 is 0 Å². The molecule has 1 aromatic heterocycles. The van der Waals surface area contributed by atoms with Gasteiger partial charge in [0.1, 0.15) is 5.01 Å². The maximum Gasteiger partial charge on any atom is 0.191 e. The Kier molecular flexibility index (Phi) is 9.38. The standard InChI is InChI=1S/C16H29N5S.HI/c1-12(2)11-21-7-5-6-14(21)9-19-16(17-4)20-10-15-18-8-13(3)22-15;/h8,12,14H,5-7,9-11H2,1-4H3,(H2,17,19,20);1H/t14-;/m1./s1. The number of guanidine groups is 1. The van der Waals surface area contributed by atoms with Gasteiger partial charge in [0.15, 0.2) is 5.96 Å². The van der Waals surface area contributed by atoms with Crippen molar-refractivity contribution in [3.05, 3.63) is 16.1 Å². The van der Waals surface area contributed by atoms with Crippen LogP contribution in [-0.2, 0) is 6.54 Å². The van der Waals surface area contributed by atoms with Crippen molar-refractivity contribution in [1.82, 2.24) is 20.5 Å². The number of nitrogens with one attached hydrogen (secondary N) is 2. The molecule has 2 heterocycles. The van der Waals surface area contributed by atoms with Gasteiger partial charge in [-0.2, -0.15) is 0 Å². The van der Waals surface area contributed by atoms with E-state index in [2.05, 4.69) is 46.3 Å². The number of hydrogen-bond acceptors (Lipinski definition) is 4. The van der Waals surface area contributed by atoms with E-state index in [1.54, 1.807) is 11.3 Å². The molecule has 0 amide bonds. The van der Waals surface area contributed by atoms with Gasteiger partial charge in [-0.3, -0.25) is 9.89 Å². The van der Waals surface area contributed by atoms with Crippen LogP contribution in [0, 0.1) is 12.8 Å². The van der Waals surface area contributed by atoms with Gasteiger partial charge < -0.3 is 10.6 Å². The number of likely N-dealkylation sites (tertiary alicyclic amines) is 1. The van der Waals surface area contributed by atoms with Crippen molar-refractivity contribution >= 4 is 41.3 Å². The molecule has 5 nitrogen and oxygen atoms in total. The summed E-state index contributed by atoms with van der Waals surface area (Å²) in [5.41, 5.74) is 0. The Morgan fingerprint density at radius 3 is 2.87 bits per heavy atom. The Hall–Kier alpha value is -0.410. The number of thiazole rings is 1. The summed E-state index contributed by atoms with van der Waals surface area (Å²) >= 11 is 1.73. The molecule has 23 heavy (non-hydrogen) atoms. The fourth-order valence-electron chi connectivity index (χ4n) is 2.91. The topological polar surface area (TPSA) is 52.6 Å². The fourth-order valence-corrected chi connectivity index (χ4v) is 3.64. The lowest BCUT2D eigenvalue weighted by molar-refractivity contribution is 0.226. The first-order valence-corrected chi connectivity index (χ1v) is 9.00. The van der Waals surface area contributed by atoms with Crippen LogP contribution in [0.25, 0.3) is 0 Å². The van der Waals surface area contributed by atoms with Gasteiger partial charge >= 0.3 is 0 Å². The highest BCUT2D eigenvalue weighted by Crippen LogP contribution is 2.17. The summed E-state index contributed by atoms with van der Waals surface area (Å²) < 4.78 is 0. The van der Waals surface area contributed by atoms with Crippen molar-refractivity contribution in [3.8, 4) is 0 Å². The normalized spacial score (nSPS) is 19.0. The van der Waals surface area contributed by atoms with Gasteiger partial charge in [0.25, 0.3) is 0 Å². The second-order valence-electron chi connectivity index (χ2n) is 6.36. The van der Waals surface area contributed by atoms with E-state index in [9.17, 15) is 0 Å². The van der Waals surface area contributed by atoms with Crippen LogP contribution < -0.4 is 10.6 Å². The smallest absolute Gasteiger partial charge is 0.191 e. The molecular formula is C16H30IN5S. The zero-order chi connectivity index (χ0) is 15.9. The first-order chi connectivity index (χ1) is 10.6. The van der Waals surface area contributed by atoms with Crippen LogP contribution in [0.1, 0.15) is 36.6 Å². The van der Waals surface area contributed by atoms with E-state index >= 15 is 0 Å². The summed E-state index contributed by atoms with van der Waals surface area (Å²) in [6.45, 7) is 10.8. The third-order valence-corrected chi connectivity index (χ3v) is 4.82. The molecule has 7 heteroatoms. The second kappa shape index (κ2) is 10.5. The largest absolute Gasteiger partial charge is 0.355 e. The van der Waals surface area contributed by atoms with E-state index in [-0.39, 0.29) is 24.0 Å². The zero-order valence-electron chi connectivity index (χ0n) is 14.6. The predicted octanol–water partition coefficient (Wildman–Crippen LogP) is 2.85. The number of nitrogens with zero attached hydrogens (tertiary/aromatic N) is 3. The molecule has 0 radical (unpaired) electrons. The van der Waals surface area contributed by atoms with Gasteiger partial charge in [-0.05, 0) is 32.2 Å². The summed E-state index contributed by atoms with van der Waals surface area (Å²) in [7, 11) is 1.82. The first kappa shape index (κ1) is 20.6. The fraction of sp³-hybridized carbons (Fsp3) is 0.750. The molecule has 132 valence electrons. The molecule has 0 aromatic carbocycles. The molecule has 1 fully saturated rings. The predicted molar refractivity (Wildman–Crippen MR) is 110 cm³/mol. The van der Waals surface area contributed by atoms with Crippen molar-refractivity contribution < 1.29 is 0 Å². The molecule has 1 aliphatic heterocycles. The molecule has 0 saturated carbocycles. The quantitative estimate of drug-likeness (QED) is 0.397. The highest BCUT2D eigenvalue weighted by atomic mass is 127. The van der Waals surface area contributed by atoms with Crippen LogP contribution in [0.4, 0.5) is 0 Å². The third-order valence-electron chi connectivity index (χ3n) is 3.90. The summed E-state index contributed by atoms with van der Waals surface area (Å²) in [5.74, 6) is 1.59. The maximum atomic E-state index is 4.37. The van der Waals surface area contributed by atoms with Crippen molar-refractivity contribution in [2.45, 2.75) is 46.2 Å². The van der Waals surface area contributed by atoms with Crippen molar-refractivity contribution in [3.63, 3.8) is 0 Å². The Balaban J connectivity index is 0.00000264. The molecule has 1 atom stereocenters. The van der Waals surface area contributed by atoms with E-state index in [1.165, 1.54) is 30.8 Å². The summed E-state index contributed by atoms with van der Waals surface area (Å²) in [4.78, 5) is 12.5. The highest BCUT2D eigenvalue weighted by molar-refractivity contribution is 14.0. The van der Waals surface area contributed by atoms with Gasteiger partial charge in [0, 0.05) is 37.3 Å². The minimum atomic E-state index is 0. The van der Waals surface area contributed by atoms with Crippen LogP contribution in [0.3, 0.4) is 0 Å². The first-order valence-electron chi connectivity index (χ1n) is 8.18.